The third kappa shape index (κ3) is 5.03. The van der Waals surface area contributed by atoms with Crippen LogP contribution < -0.4 is 5.48 Å². The summed E-state index contributed by atoms with van der Waals surface area (Å²) in [5.74, 6) is 0.277. The molecule has 1 amide bonds. The Morgan fingerprint density at radius 2 is 1.79 bits per heavy atom. The highest BCUT2D eigenvalue weighted by molar-refractivity contribution is 5.93. The Kier molecular flexibility index (Phi) is 6.78. The van der Waals surface area contributed by atoms with E-state index >= 15 is 0 Å². The molecule has 1 aromatic carbocycles. The third-order valence-electron chi connectivity index (χ3n) is 4.87. The predicted molar refractivity (Wildman–Crippen MR) is 96.1 cm³/mol. The van der Waals surface area contributed by atoms with E-state index in [1.807, 2.05) is 12.1 Å². The van der Waals surface area contributed by atoms with Crippen molar-refractivity contribution in [2.24, 2.45) is 5.92 Å². The molecule has 0 saturated carbocycles. The first-order chi connectivity index (χ1) is 11.4. The zero-order valence-corrected chi connectivity index (χ0v) is 15.3. The second-order valence-corrected chi connectivity index (χ2v) is 7.45. The molecule has 0 aromatic heterocycles. The van der Waals surface area contributed by atoms with Crippen molar-refractivity contribution in [3.63, 3.8) is 0 Å². The van der Waals surface area contributed by atoms with Crippen molar-refractivity contribution >= 4 is 5.91 Å². The average molecular weight is 333 g/mol. The summed E-state index contributed by atoms with van der Waals surface area (Å²) in [5.41, 5.74) is 3.33. The molecule has 2 rings (SSSR count). The fourth-order valence-electron chi connectivity index (χ4n) is 3.53. The first-order valence-electron chi connectivity index (χ1n) is 8.92. The molecule has 0 bridgehead atoms. The summed E-state index contributed by atoms with van der Waals surface area (Å²) in [4.78, 5) is 16.5. The molecule has 24 heavy (non-hydrogen) atoms. The Balaban J connectivity index is 1.91. The summed E-state index contributed by atoms with van der Waals surface area (Å²) in [7, 11) is 0. The van der Waals surface area contributed by atoms with E-state index in [9.17, 15) is 4.79 Å². The number of hydrogen-bond donors (Lipinski definition) is 2. The minimum atomic E-state index is -0.470. The van der Waals surface area contributed by atoms with Gasteiger partial charge in [-0.25, -0.2) is 5.48 Å². The van der Waals surface area contributed by atoms with Crippen molar-refractivity contribution in [1.82, 2.24) is 15.3 Å². The van der Waals surface area contributed by atoms with Crippen LogP contribution in [0, 0.1) is 5.92 Å². The molecule has 1 saturated heterocycles. The predicted octanol–water partition coefficient (Wildman–Crippen LogP) is 2.75. The number of rotatable bonds is 6. The molecule has 2 N–H and O–H groups in total. The van der Waals surface area contributed by atoms with Gasteiger partial charge in [-0.15, -0.1) is 0 Å². The van der Waals surface area contributed by atoms with Crippen molar-refractivity contribution in [3.8, 4) is 0 Å². The molecule has 2 atom stereocenters. The average Bonchev–Trinajstić information content (AvgIpc) is 2.53. The molecular weight excluding hydrogens is 302 g/mol. The number of hydrogen-bond acceptors (Lipinski definition) is 4. The SMILES string of the molecule is CC(C)CCN1[C@H](C)CN(Cc2ccc(C(=O)NO)cc2)C[C@@H]1C. The standard InChI is InChI=1S/C19H31N3O2/c1-14(2)9-10-22-15(3)11-21(12-16(22)4)13-17-5-7-18(8-6-17)19(23)20-24/h5-8,14-16,24H,9-13H2,1-4H3,(H,20,23)/t15-,16+. The van der Waals surface area contributed by atoms with E-state index in [0.29, 0.717) is 17.6 Å². The molecule has 5 heteroatoms. The van der Waals surface area contributed by atoms with Crippen LogP contribution in [0.15, 0.2) is 24.3 Å². The van der Waals surface area contributed by atoms with E-state index in [0.717, 1.165) is 25.6 Å². The van der Waals surface area contributed by atoms with Crippen molar-refractivity contribution < 1.29 is 10.0 Å². The summed E-state index contributed by atoms with van der Waals surface area (Å²) in [6.45, 7) is 13.4. The topological polar surface area (TPSA) is 55.8 Å². The number of benzene rings is 1. The van der Waals surface area contributed by atoms with Gasteiger partial charge in [0.25, 0.3) is 5.91 Å². The summed E-state index contributed by atoms with van der Waals surface area (Å²) in [5, 5.41) is 8.67. The van der Waals surface area contributed by atoms with Crippen LogP contribution in [-0.2, 0) is 6.54 Å². The molecule has 1 heterocycles. The summed E-state index contributed by atoms with van der Waals surface area (Å²) in [6.07, 6.45) is 1.25. The van der Waals surface area contributed by atoms with Crippen molar-refractivity contribution in [2.75, 3.05) is 19.6 Å². The van der Waals surface area contributed by atoms with Gasteiger partial charge in [0, 0.05) is 37.3 Å². The monoisotopic (exact) mass is 333 g/mol. The van der Waals surface area contributed by atoms with E-state index < -0.39 is 5.91 Å². The maximum absolute atomic E-state index is 11.4. The molecule has 0 spiro atoms. The lowest BCUT2D eigenvalue weighted by Crippen LogP contribution is -2.56. The molecule has 1 aliphatic heterocycles. The van der Waals surface area contributed by atoms with Gasteiger partial charge in [-0.2, -0.15) is 0 Å². The van der Waals surface area contributed by atoms with Crippen molar-refractivity contribution in [3.05, 3.63) is 35.4 Å². The highest BCUT2D eigenvalue weighted by atomic mass is 16.5. The van der Waals surface area contributed by atoms with Crippen molar-refractivity contribution in [2.45, 2.75) is 52.7 Å². The van der Waals surface area contributed by atoms with Crippen molar-refractivity contribution in [1.29, 1.82) is 0 Å². The van der Waals surface area contributed by atoms with Gasteiger partial charge in [-0.05, 0) is 50.4 Å². The van der Waals surface area contributed by atoms with E-state index in [2.05, 4.69) is 37.5 Å². The maximum atomic E-state index is 11.4. The number of piperazine rings is 1. The number of nitrogens with one attached hydrogen (secondary N) is 1. The minimum Gasteiger partial charge on any atom is -0.296 e. The molecule has 1 fully saturated rings. The van der Waals surface area contributed by atoms with E-state index in [4.69, 9.17) is 5.21 Å². The molecule has 0 unspecified atom stereocenters. The highest BCUT2D eigenvalue weighted by Crippen LogP contribution is 2.19. The van der Waals surface area contributed by atoms with Gasteiger partial charge in [0.15, 0.2) is 0 Å². The van der Waals surface area contributed by atoms with E-state index in [1.54, 1.807) is 17.6 Å². The molecule has 1 aromatic rings. The van der Waals surface area contributed by atoms with Crippen LogP contribution >= 0.6 is 0 Å². The lowest BCUT2D eigenvalue weighted by molar-refractivity contribution is 0.0320. The molecule has 1 aliphatic rings. The zero-order chi connectivity index (χ0) is 17.7. The number of hydroxylamine groups is 1. The summed E-state index contributed by atoms with van der Waals surface area (Å²) in [6, 6.07) is 8.56. The molecule has 134 valence electrons. The van der Waals surface area contributed by atoms with Gasteiger partial charge in [0.05, 0.1) is 0 Å². The lowest BCUT2D eigenvalue weighted by atomic mass is 10.0. The van der Waals surface area contributed by atoms with Crippen LogP contribution in [0.1, 0.15) is 50.0 Å². The second kappa shape index (κ2) is 8.60. The second-order valence-electron chi connectivity index (χ2n) is 7.45. The number of carbonyl (C=O) groups excluding carboxylic acids is 1. The Morgan fingerprint density at radius 3 is 2.29 bits per heavy atom. The van der Waals surface area contributed by atoms with E-state index in [1.165, 1.54) is 18.5 Å². The first-order valence-corrected chi connectivity index (χ1v) is 8.92. The fourth-order valence-corrected chi connectivity index (χ4v) is 3.53. The molecule has 0 radical (unpaired) electrons. The smallest absolute Gasteiger partial charge is 0.274 e. The Morgan fingerprint density at radius 1 is 1.21 bits per heavy atom. The lowest BCUT2D eigenvalue weighted by Gasteiger charge is -2.45. The van der Waals surface area contributed by atoms with Crippen LogP contribution in [-0.4, -0.2) is 52.6 Å². The highest BCUT2D eigenvalue weighted by Gasteiger charge is 2.28. The fraction of sp³-hybridized carbons (Fsp3) is 0.632. The molecule has 0 aliphatic carbocycles. The Hall–Kier alpha value is -1.43. The number of nitrogens with zero attached hydrogens (tertiary/aromatic N) is 2. The minimum absolute atomic E-state index is 0.470. The Labute approximate surface area is 145 Å². The third-order valence-corrected chi connectivity index (χ3v) is 4.87. The van der Waals surface area contributed by atoms with Gasteiger partial charge < -0.3 is 0 Å². The molecular formula is C19H31N3O2. The number of carbonyl (C=O) groups is 1. The number of amides is 1. The van der Waals surface area contributed by atoms with E-state index in [-0.39, 0.29) is 0 Å². The van der Waals surface area contributed by atoms with Gasteiger partial charge in [0.1, 0.15) is 0 Å². The van der Waals surface area contributed by atoms with Crippen LogP contribution in [0.4, 0.5) is 0 Å². The molecule has 5 nitrogen and oxygen atoms in total. The van der Waals surface area contributed by atoms with Crippen LogP contribution in [0.3, 0.4) is 0 Å². The van der Waals surface area contributed by atoms with Gasteiger partial charge in [-0.1, -0.05) is 26.0 Å². The quantitative estimate of drug-likeness (QED) is 0.621. The van der Waals surface area contributed by atoms with Gasteiger partial charge in [0.2, 0.25) is 0 Å². The summed E-state index contributed by atoms with van der Waals surface area (Å²) < 4.78 is 0. The zero-order valence-electron chi connectivity index (χ0n) is 15.3. The van der Waals surface area contributed by atoms with Crippen LogP contribution in [0.25, 0.3) is 0 Å². The summed E-state index contributed by atoms with van der Waals surface area (Å²) >= 11 is 0. The van der Waals surface area contributed by atoms with Crippen LogP contribution in [0.5, 0.6) is 0 Å². The largest absolute Gasteiger partial charge is 0.296 e. The Bertz CT molecular complexity index is 518. The maximum Gasteiger partial charge on any atom is 0.274 e. The van der Waals surface area contributed by atoms with Crippen LogP contribution in [0.2, 0.25) is 0 Å². The normalized spacial score (nSPS) is 22.8. The first kappa shape index (κ1) is 18.9. The van der Waals surface area contributed by atoms with Gasteiger partial charge >= 0.3 is 0 Å². The van der Waals surface area contributed by atoms with Gasteiger partial charge in [-0.3, -0.25) is 19.8 Å².